The van der Waals surface area contributed by atoms with E-state index in [1.54, 1.807) is 11.9 Å². The highest BCUT2D eigenvalue weighted by molar-refractivity contribution is 6.30. The van der Waals surface area contributed by atoms with Gasteiger partial charge in [-0.1, -0.05) is 23.7 Å². The first-order valence-electron chi connectivity index (χ1n) is 7.24. The van der Waals surface area contributed by atoms with E-state index >= 15 is 0 Å². The molecule has 1 aliphatic rings. The average molecular weight is 298 g/mol. The maximum Gasteiger partial charge on any atom is 0.277 e. The van der Waals surface area contributed by atoms with E-state index in [-0.39, 0.29) is 11.9 Å². The van der Waals surface area contributed by atoms with Gasteiger partial charge in [0.25, 0.3) is 5.91 Å². The average Bonchev–Trinajstić information content (AvgIpc) is 2.49. The molecule has 110 valence electrons. The van der Waals surface area contributed by atoms with Gasteiger partial charge in [0.05, 0.1) is 0 Å². The predicted octanol–water partition coefficient (Wildman–Crippen LogP) is -1.24. The van der Waals surface area contributed by atoms with Gasteiger partial charge in [-0.05, 0) is 19.1 Å². The van der Waals surface area contributed by atoms with Crippen LogP contribution in [0.4, 0.5) is 0 Å². The van der Waals surface area contributed by atoms with E-state index in [1.807, 2.05) is 19.1 Å². The maximum absolute atomic E-state index is 11.7. The Labute approximate surface area is 125 Å². The minimum absolute atomic E-state index is 0.0529. The topological polar surface area (TPSA) is 38.0 Å². The Bertz CT molecular complexity index is 441. The number of likely N-dealkylation sites (N-methyl/N-ethyl adjacent to an activating group) is 1. The second kappa shape index (κ2) is 7.07. The van der Waals surface area contributed by atoms with Crippen LogP contribution in [-0.4, -0.2) is 45.2 Å². The number of carbonyl (C=O) groups excluding carboxylic acids is 1. The van der Waals surface area contributed by atoms with Gasteiger partial charge in [-0.3, -0.25) is 4.79 Å². The van der Waals surface area contributed by atoms with Crippen molar-refractivity contribution in [2.75, 3.05) is 33.2 Å². The van der Waals surface area contributed by atoms with Gasteiger partial charge in [-0.15, -0.1) is 0 Å². The van der Waals surface area contributed by atoms with Crippen LogP contribution in [0.2, 0.25) is 5.02 Å². The molecule has 1 amide bonds. The molecule has 1 fully saturated rings. The molecule has 1 aromatic carbocycles. The van der Waals surface area contributed by atoms with Gasteiger partial charge in [0, 0.05) is 17.6 Å². The summed E-state index contributed by atoms with van der Waals surface area (Å²) in [6.45, 7) is 7.38. The molecular weight excluding hydrogens is 274 g/mol. The Morgan fingerprint density at radius 1 is 1.25 bits per heavy atom. The lowest BCUT2D eigenvalue weighted by Crippen LogP contribution is -3.29. The van der Waals surface area contributed by atoms with Crippen LogP contribution in [0.1, 0.15) is 12.5 Å². The molecule has 20 heavy (non-hydrogen) atoms. The number of rotatable bonds is 4. The fourth-order valence-electron chi connectivity index (χ4n) is 2.83. The van der Waals surface area contributed by atoms with E-state index < -0.39 is 0 Å². The van der Waals surface area contributed by atoms with Gasteiger partial charge in [0.2, 0.25) is 0 Å². The Hall–Kier alpha value is -1.10. The SMILES string of the molecule is CNC(=O)[C@H](C)[NH+]1CC[NH+](Cc2ccc(Cl)cc2)CC1. The van der Waals surface area contributed by atoms with E-state index in [0.717, 1.165) is 37.7 Å². The molecule has 0 aromatic heterocycles. The minimum Gasteiger partial charge on any atom is -0.354 e. The lowest BCUT2D eigenvalue weighted by molar-refractivity contribution is -1.02. The Kier molecular flexibility index (Phi) is 5.40. The molecule has 5 heteroatoms. The molecule has 1 heterocycles. The first kappa shape index (κ1) is 15.3. The largest absolute Gasteiger partial charge is 0.354 e. The number of benzene rings is 1. The quantitative estimate of drug-likeness (QED) is 0.639. The molecule has 0 saturated carbocycles. The van der Waals surface area contributed by atoms with Crippen LogP contribution in [0.5, 0.6) is 0 Å². The van der Waals surface area contributed by atoms with Crippen molar-refractivity contribution < 1.29 is 14.6 Å². The maximum atomic E-state index is 11.7. The van der Waals surface area contributed by atoms with Crippen molar-refractivity contribution in [2.45, 2.75) is 19.5 Å². The number of amides is 1. The zero-order valence-electron chi connectivity index (χ0n) is 12.2. The summed E-state index contributed by atoms with van der Waals surface area (Å²) in [5.41, 5.74) is 1.33. The molecule has 3 N–H and O–H groups in total. The number of hydrogen-bond acceptors (Lipinski definition) is 1. The van der Waals surface area contributed by atoms with Crippen molar-refractivity contribution in [3.05, 3.63) is 34.9 Å². The zero-order valence-corrected chi connectivity index (χ0v) is 13.0. The Balaban J connectivity index is 1.82. The van der Waals surface area contributed by atoms with Crippen molar-refractivity contribution in [1.82, 2.24) is 5.32 Å². The molecule has 0 bridgehead atoms. The Morgan fingerprint density at radius 3 is 2.40 bits per heavy atom. The molecule has 1 saturated heterocycles. The number of halogens is 1. The van der Waals surface area contributed by atoms with Gasteiger partial charge < -0.3 is 15.1 Å². The van der Waals surface area contributed by atoms with E-state index in [9.17, 15) is 4.79 Å². The molecule has 1 aromatic rings. The van der Waals surface area contributed by atoms with Crippen LogP contribution >= 0.6 is 11.6 Å². The first-order chi connectivity index (χ1) is 9.60. The van der Waals surface area contributed by atoms with Gasteiger partial charge in [-0.2, -0.15) is 0 Å². The first-order valence-corrected chi connectivity index (χ1v) is 7.62. The summed E-state index contributed by atoms with van der Waals surface area (Å²) >= 11 is 5.90. The second-order valence-corrected chi connectivity index (χ2v) is 5.98. The van der Waals surface area contributed by atoms with E-state index in [4.69, 9.17) is 11.6 Å². The zero-order chi connectivity index (χ0) is 14.5. The van der Waals surface area contributed by atoms with Crippen LogP contribution < -0.4 is 15.1 Å². The normalized spacial score (nSPS) is 24.1. The van der Waals surface area contributed by atoms with Crippen molar-refractivity contribution in [2.24, 2.45) is 0 Å². The van der Waals surface area contributed by atoms with Crippen LogP contribution in [0.15, 0.2) is 24.3 Å². The number of quaternary nitrogens is 2. The van der Waals surface area contributed by atoms with Crippen LogP contribution in [0.3, 0.4) is 0 Å². The molecule has 4 nitrogen and oxygen atoms in total. The third-order valence-corrected chi connectivity index (χ3v) is 4.47. The number of piperazine rings is 1. The molecule has 0 aliphatic carbocycles. The van der Waals surface area contributed by atoms with Gasteiger partial charge >= 0.3 is 0 Å². The van der Waals surface area contributed by atoms with Gasteiger partial charge in [-0.25, -0.2) is 0 Å². The van der Waals surface area contributed by atoms with E-state index in [1.165, 1.54) is 10.5 Å². The lowest BCUT2D eigenvalue weighted by Gasteiger charge is -2.32. The number of hydrogen-bond donors (Lipinski definition) is 3. The molecule has 0 unspecified atom stereocenters. The molecule has 1 aliphatic heterocycles. The van der Waals surface area contributed by atoms with Crippen molar-refractivity contribution in [1.29, 1.82) is 0 Å². The fourth-order valence-corrected chi connectivity index (χ4v) is 2.95. The lowest BCUT2D eigenvalue weighted by atomic mass is 10.1. The summed E-state index contributed by atoms with van der Waals surface area (Å²) in [4.78, 5) is 14.6. The highest BCUT2D eigenvalue weighted by atomic mass is 35.5. The molecular formula is C15H24ClN3O+2. The van der Waals surface area contributed by atoms with Crippen LogP contribution in [0, 0.1) is 0 Å². The van der Waals surface area contributed by atoms with E-state index in [2.05, 4.69) is 17.4 Å². The van der Waals surface area contributed by atoms with Crippen LogP contribution in [-0.2, 0) is 11.3 Å². The highest BCUT2D eigenvalue weighted by Crippen LogP contribution is 2.08. The van der Waals surface area contributed by atoms with Gasteiger partial charge in [0.15, 0.2) is 6.04 Å². The van der Waals surface area contributed by atoms with Crippen LogP contribution in [0.25, 0.3) is 0 Å². The van der Waals surface area contributed by atoms with Gasteiger partial charge in [0.1, 0.15) is 32.7 Å². The number of carbonyl (C=O) groups is 1. The summed E-state index contributed by atoms with van der Waals surface area (Å²) < 4.78 is 0. The molecule has 2 rings (SSSR count). The fraction of sp³-hybridized carbons (Fsp3) is 0.533. The number of nitrogens with one attached hydrogen (secondary N) is 3. The summed E-state index contributed by atoms with van der Waals surface area (Å²) in [7, 11) is 1.71. The standard InChI is InChI=1S/C15H22ClN3O/c1-12(15(20)17-2)19-9-7-18(8-10-19)11-13-3-5-14(16)6-4-13/h3-6,12H,7-11H2,1-2H3,(H,17,20)/p+2/t12-/m0/s1. The van der Waals surface area contributed by atoms with Crippen molar-refractivity contribution >= 4 is 17.5 Å². The summed E-state index contributed by atoms with van der Waals surface area (Å²) in [5, 5.41) is 3.53. The smallest absolute Gasteiger partial charge is 0.277 e. The predicted molar refractivity (Wildman–Crippen MR) is 80.1 cm³/mol. The monoisotopic (exact) mass is 297 g/mol. The second-order valence-electron chi connectivity index (χ2n) is 5.55. The summed E-state index contributed by atoms with van der Waals surface area (Å²) in [5.74, 6) is 0.140. The third-order valence-electron chi connectivity index (χ3n) is 4.22. The van der Waals surface area contributed by atoms with Crippen molar-refractivity contribution in [3.8, 4) is 0 Å². The van der Waals surface area contributed by atoms with E-state index in [0.29, 0.717) is 0 Å². The molecule has 0 spiro atoms. The third kappa shape index (κ3) is 3.95. The highest BCUT2D eigenvalue weighted by Gasteiger charge is 2.30. The summed E-state index contributed by atoms with van der Waals surface area (Å²) in [6.07, 6.45) is 0. The minimum atomic E-state index is 0.0529. The Morgan fingerprint density at radius 2 is 1.85 bits per heavy atom. The molecule has 1 atom stereocenters. The van der Waals surface area contributed by atoms with Crippen molar-refractivity contribution in [3.63, 3.8) is 0 Å². The molecule has 0 radical (unpaired) electrons. The summed E-state index contributed by atoms with van der Waals surface area (Å²) in [6, 6.07) is 8.15.